The third kappa shape index (κ3) is 7.23. The van der Waals surface area contributed by atoms with Crippen molar-refractivity contribution in [1.82, 2.24) is 10.2 Å². The van der Waals surface area contributed by atoms with Crippen molar-refractivity contribution in [3.8, 4) is 0 Å². The number of amides is 2. The Morgan fingerprint density at radius 2 is 1.75 bits per heavy atom. The van der Waals surface area contributed by atoms with Gasteiger partial charge in [-0.2, -0.15) is 0 Å². The summed E-state index contributed by atoms with van der Waals surface area (Å²) < 4.78 is 26.6. The quantitative estimate of drug-likeness (QED) is 0.511. The Balaban J connectivity index is 1.90. The minimum Gasteiger partial charge on any atom is -0.352 e. The van der Waals surface area contributed by atoms with E-state index in [2.05, 4.69) is 5.32 Å². The normalized spacial score (nSPS) is 15.2. The lowest BCUT2D eigenvalue weighted by molar-refractivity contribution is -0.139. The van der Waals surface area contributed by atoms with Crippen molar-refractivity contribution in [3.63, 3.8) is 0 Å². The lowest BCUT2D eigenvalue weighted by Crippen LogP contribution is -2.53. The van der Waals surface area contributed by atoms with Crippen LogP contribution < -0.4 is 9.62 Å². The van der Waals surface area contributed by atoms with Gasteiger partial charge in [-0.3, -0.25) is 13.9 Å². The molecule has 9 heteroatoms. The molecule has 2 amide bonds. The molecule has 2 aromatic rings. The Morgan fingerprint density at radius 3 is 2.39 bits per heavy atom. The van der Waals surface area contributed by atoms with E-state index >= 15 is 0 Å². The van der Waals surface area contributed by atoms with Gasteiger partial charge in [0, 0.05) is 17.6 Å². The van der Waals surface area contributed by atoms with Crippen LogP contribution in [0.3, 0.4) is 0 Å². The van der Waals surface area contributed by atoms with Crippen LogP contribution in [-0.2, 0) is 26.2 Å². The van der Waals surface area contributed by atoms with Crippen molar-refractivity contribution in [2.24, 2.45) is 0 Å². The molecule has 0 radical (unpaired) electrons. The number of nitrogens with zero attached hydrogens (tertiary/aromatic N) is 2. The summed E-state index contributed by atoms with van der Waals surface area (Å²) in [6, 6.07) is 12.0. The van der Waals surface area contributed by atoms with Gasteiger partial charge in [-0.1, -0.05) is 66.8 Å². The molecule has 1 N–H and O–H groups in total. The number of aryl methyl sites for hydroxylation is 1. The highest BCUT2D eigenvalue weighted by Gasteiger charge is 2.31. The first-order chi connectivity index (χ1) is 17.0. The zero-order chi connectivity index (χ0) is 26.5. The summed E-state index contributed by atoms with van der Waals surface area (Å²) in [6.45, 7) is 5.12. The Bertz CT molecular complexity index is 1200. The first kappa shape index (κ1) is 28.0. The van der Waals surface area contributed by atoms with E-state index in [1.54, 1.807) is 32.0 Å². The summed E-state index contributed by atoms with van der Waals surface area (Å²) >= 11 is 6.24. The van der Waals surface area contributed by atoms with Gasteiger partial charge in [0.2, 0.25) is 21.8 Å². The first-order valence-corrected chi connectivity index (χ1v) is 14.6. The molecule has 0 unspecified atom stereocenters. The van der Waals surface area contributed by atoms with Gasteiger partial charge >= 0.3 is 0 Å². The van der Waals surface area contributed by atoms with Gasteiger partial charge in [-0.25, -0.2) is 8.42 Å². The molecule has 0 aromatic heterocycles. The number of halogens is 1. The fourth-order valence-electron chi connectivity index (χ4n) is 4.62. The number of carbonyl (C=O) groups excluding carboxylic acids is 2. The van der Waals surface area contributed by atoms with Crippen molar-refractivity contribution in [1.29, 1.82) is 0 Å². The van der Waals surface area contributed by atoms with Gasteiger partial charge in [0.05, 0.1) is 11.9 Å². The van der Waals surface area contributed by atoms with Gasteiger partial charge in [-0.15, -0.1) is 0 Å². The highest BCUT2D eigenvalue weighted by atomic mass is 35.5. The summed E-state index contributed by atoms with van der Waals surface area (Å²) in [5, 5.41) is 3.51. The predicted octanol–water partition coefficient (Wildman–Crippen LogP) is 4.59. The van der Waals surface area contributed by atoms with E-state index in [-0.39, 0.29) is 18.5 Å². The lowest BCUT2D eigenvalue weighted by Gasteiger charge is -2.33. The monoisotopic (exact) mass is 533 g/mol. The maximum absolute atomic E-state index is 13.7. The number of nitrogens with one attached hydrogen (secondary N) is 1. The summed E-state index contributed by atoms with van der Waals surface area (Å²) in [4.78, 5) is 28.4. The smallest absolute Gasteiger partial charge is 0.244 e. The largest absolute Gasteiger partial charge is 0.352 e. The summed E-state index contributed by atoms with van der Waals surface area (Å²) in [6.07, 6.45) is 6.25. The van der Waals surface area contributed by atoms with Crippen LogP contribution >= 0.6 is 11.6 Å². The number of carbonyl (C=O) groups is 2. The molecule has 1 atom stereocenters. The Labute approximate surface area is 219 Å². The van der Waals surface area contributed by atoms with Gasteiger partial charge in [0.25, 0.3) is 0 Å². The van der Waals surface area contributed by atoms with Crippen LogP contribution in [-0.4, -0.2) is 50.0 Å². The second-order valence-corrected chi connectivity index (χ2v) is 12.0. The molecular weight excluding hydrogens is 498 g/mol. The highest BCUT2D eigenvalue weighted by molar-refractivity contribution is 7.92. The molecule has 7 nitrogen and oxygen atoms in total. The van der Waals surface area contributed by atoms with Crippen LogP contribution in [0.1, 0.15) is 55.7 Å². The molecule has 2 aromatic carbocycles. The second kappa shape index (κ2) is 12.1. The molecule has 0 heterocycles. The van der Waals surface area contributed by atoms with Gasteiger partial charge < -0.3 is 10.2 Å². The molecule has 1 saturated carbocycles. The van der Waals surface area contributed by atoms with E-state index in [0.29, 0.717) is 16.3 Å². The number of anilines is 1. The molecular formula is C27H36ClN3O4S. The van der Waals surface area contributed by atoms with E-state index in [1.165, 1.54) is 11.3 Å². The molecule has 36 heavy (non-hydrogen) atoms. The summed E-state index contributed by atoms with van der Waals surface area (Å²) in [7, 11) is -3.81. The molecule has 0 spiro atoms. The fraction of sp³-hybridized carbons (Fsp3) is 0.481. The second-order valence-electron chi connectivity index (χ2n) is 9.68. The van der Waals surface area contributed by atoms with Crippen molar-refractivity contribution in [2.75, 3.05) is 17.1 Å². The SMILES string of the molecule is Cc1cccc(CN(C(=O)CN(c2cccc(Cl)c2C)S(C)(=O)=O)[C@@H](C)C(=O)NC2CCCCC2)c1. The molecule has 0 saturated heterocycles. The summed E-state index contributed by atoms with van der Waals surface area (Å²) in [5.74, 6) is -0.694. The molecule has 0 bridgehead atoms. The lowest BCUT2D eigenvalue weighted by atomic mass is 9.95. The Kier molecular flexibility index (Phi) is 9.41. The van der Waals surface area contributed by atoms with Crippen LogP contribution in [0.5, 0.6) is 0 Å². The van der Waals surface area contributed by atoms with Crippen LogP contribution in [0.4, 0.5) is 5.69 Å². The number of benzene rings is 2. The maximum Gasteiger partial charge on any atom is 0.244 e. The first-order valence-electron chi connectivity index (χ1n) is 12.4. The zero-order valence-electron chi connectivity index (χ0n) is 21.5. The average Bonchev–Trinajstić information content (AvgIpc) is 2.82. The third-order valence-electron chi connectivity index (χ3n) is 6.74. The molecule has 1 aliphatic carbocycles. The number of rotatable bonds is 9. The van der Waals surface area contributed by atoms with Gasteiger partial charge in [-0.05, 0) is 56.9 Å². The Hall–Kier alpha value is -2.58. The molecule has 196 valence electrons. The number of hydrogen-bond donors (Lipinski definition) is 1. The van der Waals surface area contributed by atoms with Crippen molar-refractivity contribution >= 4 is 39.1 Å². The van der Waals surface area contributed by atoms with E-state index < -0.39 is 28.5 Å². The van der Waals surface area contributed by atoms with Crippen LogP contribution in [0.2, 0.25) is 5.02 Å². The van der Waals surface area contributed by atoms with Crippen LogP contribution in [0, 0.1) is 13.8 Å². The number of hydrogen-bond acceptors (Lipinski definition) is 4. The summed E-state index contributed by atoms with van der Waals surface area (Å²) in [5.41, 5.74) is 2.80. The maximum atomic E-state index is 13.7. The minimum absolute atomic E-state index is 0.103. The van der Waals surface area contributed by atoms with Crippen molar-refractivity contribution in [2.45, 2.75) is 71.5 Å². The zero-order valence-corrected chi connectivity index (χ0v) is 23.0. The number of sulfonamides is 1. The average molecular weight is 534 g/mol. The van der Waals surface area contributed by atoms with E-state index in [4.69, 9.17) is 11.6 Å². The Morgan fingerprint density at radius 1 is 1.08 bits per heavy atom. The molecule has 0 aliphatic heterocycles. The predicted molar refractivity (Wildman–Crippen MR) is 145 cm³/mol. The minimum atomic E-state index is -3.81. The molecule has 1 fully saturated rings. The van der Waals surface area contributed by atoms with Gasteiger partial charge in [0.15, 0.2) is 0 Å². The third-order valence-corrected chi connectivity index (χ3v) is 8.28. The fourth-order valence-corrected chi connectivity index (χ4v) is 5.69. The van der Waals surface area contributed by atoms with E-state index in [0.717, 1.165) is 47.4 Å². The molecule has 3 rings (SSSR count). The highest BCUT2D eigenvalue weighted by Crippen LogP contribution is 2.28. The topological polar surface area (TPSA) is 86.8 Å². The van der Waals surface area contributed by atoms with Crippen molar-refractivity contribution in [3.05, 3.63) is 64.2 Å². The van der Waals surface area contributed by atoms with Crippen molar-refractivity contribution < 1.29 is 18.0 Å². The molecule has 1 aliphatic rings. The van der Waals surface area contributed by atoms with Crippen LogP contribution in [0.15, 0.2) is 42.5 Å². The van der Waals surface area contributed by atoms with Crippen LogP contribution in [0.25, 0.3) is 0 Å². The van der Waals surface area contributed by atoms with Gasteiger partial charge in [0.1, 0.15) is 12.6 Å². The van der Waals surface area contributed by atoms with E-state index in [1.807, 2.05) is 31.2 Å². The standard InChI is InChI=1S/C27H36ClN3O4S/c1-19-10-8-11-22(16-19)17-30(21(3)27(33)29-23-12-6-5-7-13-23)26(32)18-31(36(4,34)35)25-15-9-14-24(28)20(25)2/h8-11,14-16,21,23H,5-7,12-13,17-18H2,1-4H3,(H,29,33)/t21-/m0/s1. The van der Waals surface area contributed by atoms with E-state index in [9.17, 15) is 18.0 Å².